The molecule has 3 heterocycles. The number of piperidine rings is 1. The molecular formula is C16H21N3OS. The van der Waals surface area contributed by atoms with Gasteiger partial charge >= 0.3 is 0 Å². The van der Waals surface area contributed by atoms with Crippen molar-refractivity contribution in [3.63, 3.8) is 0 Å². The van der Waals surface area contributed by atoms with E-state index < -0.39 is 0 Å². The van der Waals surface area contributed by atoms with Crippen LogP contribution in [0.3, 0.4) is 0 Å². The Morgan fingerprint density at radius 2 is 2.24 bits per heavy atom. The van der Waals surface area contributed by atoms with Gasteiger partial charge in [0.2, 0.25) is 5.91 Å². The minimum Gasteiger partial charge on any atom is -0.342 e. The first-order chi connectivity index (χ1) is 10.2. The van der Waals surface area contributed by atoms with Crippen molar-refractivity contribution in [2.24, 2.45) is 5.92 Å². The topological polar surface area (TPSA) is 38.1 Å². The van der Waals surface area contributed by atoms with Crippen LogP contribution in [0.2, 0.25) is 0 Å². The number of aryl methyl sites for hydroxylation is 1. The first-order valence-corrected chi connectivity index (χ1v) is 8.43. The molecule has 0 aliphatic carbocycles. The number of thiophene rings is 1. The molecule has 112 valence electrons. The maximum absolute atomic E-state index is 12.2. The summed E-state index contributed by atoms with van der Waals surface area (Å²) in [6.07, 6.45) is 6.70. The lowest BCUT2D eigenvalue weighted by molar-refractivity contribution is -0.131. The van der Waals surface area contributed by atoms with E-state index >= 15 is 0 Å². The maximum Gasteiger partial charge on any atom is 0.227 e. The standard InChI is InChI=1S/C16H21N3OS/c1-13-9-17-19(10-13)11-14-2-5-18(6-3-14)16(20)8-15-4-7-21-12-15/h4,7,9-10,12,14H,2-3,5-6,8,11H2,1H3. The summed E-state index contributed by atoms with van der Waals surface area (Å²) in [5, 5.41) is 8.44. The summed E-state index contributed by atoms with van der Waals surface area (Å²) >= 11 is 1.65. The fourth-order valence-electron chi connectivity index (χ4n) is 2.88. The Morgan fingerprint density at radius 3 is 2.86 bits per heavy atom. The molecule has 1 saturated heterocycles. The number of hydrogen-bond acceptors (Lipinski definition) is 3. The van der Waals surface area contributed by atoms with Crippen LogP contribution in [0.5, 0.6) is 0 Å². The first-order valence-electron chi connectivity index (χ1n) is 7.48. The van der Waals surface area contributed by atoms with Crippen LogP contribution in [0.4, 0.5) is 0 Å². The molecule has 0 spiro atoms. The van der Waals surface area contributed by atoms with Gasteiger partial charge in [0.15, 0.2) is 0 Å². The van der Waals surface area contributed by atoms with Crippen molar-refractivity contribution >= 4 is 17.2 Å². The van der Waals surface area contributed by atoms with Gasteiger partial charge < -0.3 is 4.90 Å². The molecular weight excluding hydrogens is 282 g/mol. The number of hydrogen-bond donors (Lipinski definition) is 0. The van der Waals surface area contributed by atoms with Crippen LogP contribution >= 0.6 is 11.3 Å². The molecule has 0 bridgehead atoms. The molecule has 21 heavy (non-hydrogen) atoms. The van der Waals surface area contributed by atoms with Crippen LogP contribution in [0.25, 0.3) is 0 Å². The van der Waals surface area contributed by atoms with Crippen LogP contribution in [-0.2, 0) is 17.8 Å². The van der Waals surface area contributed by atoms with Gasteiger partial charge in [-0.15, -0.1) is 0 Å². The maximum atomic E-state index is 12.2. The average molecular weight is 303 g/mol. The molecule has 1 aliphatic heterocycles. The van der Waals surface area contributed by atoms with Crippen LogP contribution in [0.1, 0.15) is 24.0 Å². The molecule has 1 fully saturated rings. The molecule has 3 rings (SSSR count). The number of aromatic nitrogens is 2. The fourth-order valence-corrected chi connectivity index (χ4v) is 3.54. The summed E-state index contributed by atoms with van der Waals surface area (Å²) in [5.41, 5.74) is 2.34. The largest absolute Gasteiger partial charge is 0.342 e. The van der Waals surface area contributed by atoms with E-state index in [4.69, 9.17) is 0 Å². The van der Waals surface area contributed by atoms with Crippen LogP contribution in [0.15, 0.2) is 29.2 Å². The van der Waals surface area contributed by atoms with Crippen molar-refractivity contribution < 1.29 is 4.79 Å². The number of amides is 1. The lowest BCUT2D eigenvalue weighted by Gasteiger charge is -2.32. The summed E-state index contributed by atoms with van der Waals surface area (Å²) in [6.45, 7) is 4.80. The normalized spacial score (nSPS) is 16.3. The Bertz CT molecular complexity index is 582. The summed E-state index contributed by atoms with van der Waals surface area (Å²) in [5.74, 6) is 0.899. The van der Waals surface area contributed by atoms with Gasteiger partial charge in [-0.2, -0.15) is 16.4 Å². The molecule has 1 aliphatic rings. The third-order valence-electron chi connectivity index (χ3n) is 4.11. The Kier molecular flexibility index (Phi) is 4.39. The molecule has 1 amide bonds. The predicted octanol–water partition coefficient (Wildman–Crippen LogP) is 2.73. The van der Waals surface area contributed by atoms with Gasteiger partial charge in [-0.1, -0.05) is 0 Å². The quantitative estimate of drug-likeness (QED) is 0.871. The minimum absolute atomic E-state index is 0.266. The highest BCUT2D eigenvalue weighted by Crippen LogP contribution is 2.20. The van der Waals surface area contributed by atoms with Crippen LogP contribution in [-0.4, -0.2) is 33.7 Å². The Labute approximate surface area is 129 Å². The molecule has 0 N–H and O–H groups in total. The van der Waals surface area contributed by atoms with Crippen molar-refractivity contribution in [2.75, 3.05) is 13.1 Å². The Morgan fingerprint density at radius 1 is 1.43 bits per heavy atom. The number of rotatable bonds is 4. The molecule has 0 radical (unpaired) electrons. The van der Waals surface area contributed by atoms with E-state index in [0.717, 1.165) is 38.0 Å². The average Bonchev–Trinajstić information content (AvgIpc) is 3.12. The van der Waals surface area contributed by atoms with Crippen molar-refractivity contribution in [2.45, 2.75) is 32.7 Å². The summed E-state index contributed by atoms with van der Waals surface area (Å²) in [4.78, 5) is 14.3. The van der Waals surface area contributed by atoms with Gasteiger partial charge in [0.05, 0.1) is 12.6 Å². The first kappa shape index (κ1) is 14.3. The molecule has 4 nitrogen and oxygen atoms in total. The zero-order valence-corrected chi connectivity index (χ0v) is 13.2. The molecule has 0 saturated carbocycles. The molecule has 0 unspecified atom stereocenters. The molecule has 5 heteroatoms. The highest BCUT2D eigenvalue weighted by molar-refractivity contribution is 7.07. The van der Waals surface area contributed by atoms with Gasteiger partial charge in [-0.3, -0.25) is 9.48 Å². The second-order valence-electron chi connectivity index (χ2n) is 5.87. The van der Waals surface area contributed by atoms with Gasteiger partial charge in [0, 0.05) is 25.8 Å². The summed E-state index contributed by atoms with van der Waals surface area (Å²) < 4.78 is 2.03. The lowest BCUT2D eigenvalue weighted by atomic mass is 9.96. The third kappa shape index (κ3) is 3.73. The van der Waals surface area contributed by atoms with Crippen molar-refractivity contribution in [1.82, 2.24) is 14.7 Å². The van der Waals surface area contributed by atoms with E-state index in [1.165, 1.54) is 5.56 Å². The fraction of sp³-hybridized carbons (Fsp3) is 0.500. The monoisotopic (exact) mass is 303 g/mol. The zero-order valence-electron chi connectivity index (χ0n) is 12.4. The van der Waals surface area contributed by atoms with E-state index in [9.17, 15) is 4.79 Å². The van der Waals surface area contributed by atoms with E-state index in [2.05, 4.69) is 23.6 Å². The van der Waals surface area contributed by atoms with Crippen LogP contribution in [0, 0.1) is 12.8 Å². The SMILES string of the molecule is Cc1cnn(CC2CCN(C(=O)Cc3ccsc3)CC2)c1. The highest BCUT2D eigenvalue weighted by atomic mass is 32.1. The minimum atomic E-state index is 0.266. The highest BCUT2D eigenvalue weighted by Gasteiger charge is 2.23. The molecule has 2 aromatic heterocycles. The van der Waals surface area contributed by atoms with Crippen molar-refractivity contribution in [3.05, 3.63) is 40.3 Å². The van der Waals surface area contributed by atoms with E-state index in [0.29, 0.717) is 12.3 Å². The Hall–Kier alpha value is -1.62. The second-order valence-corrected chi connectivity index (χ2v) is 6.65. The van der Waals surface area contributed by atoms with Gasteiger partial charge in [-0.25, -0.2) is 0 Å². The second kappa shape index (κ2) is 6.43. The van der Waals surface area contributed by atoms with Crippen molar-refractivity contribution in [3.8, 4) is 0 Å². The van der Waals surface area contributed by atoms with Crippen LogP contribution < -0.4 is 0 Å². The molecule has 0 aromatic carbocycles. The van der Waals surface area contributed by atoms with E-state index in [1.54, 1.807) is 11.3 Å². The Balaban J connectivity index is 1.47. The summed E-state index contributed by atoms with van der Waals surface area (Å²) in [6, 6.07) is 2.04. The van der Waals surface area contributed by atoms with Crippen molar-refractivity contribution in [1.29, 1.82) is 0 Å². The third-order valence-corrected chi connectivity index (χ3v) is 4.84. The number of carbonyl (C=O) groups is 1. The lowest BCUT2D eigenvalue weighted by Crippen LogP contribution is -2.40. The number of likely N-dealkylation sites (tertiary alicyclic amines) is 1. The van der Waals surface area contributed by atoms with E-state index in [1.807, 2.05) is 27.2 Å². The van der Waals surface area contributed by atoms with Gasteiger partial charge in [0.1, 0.15) is 0 Å². The van der Waals surface area contributed by atoms with Gasteiger partial charge in [-0.05, 0) is 53.6 Å². The predicted molar refractivity (Wildman–Crippen MR) is 84.3 cm³/mol. The molecule has 2 aromatic rings. The van der Waals surface area contributed by atoms with E-state index in [-0.39, 0.29) is 5.91 Å². The number of nitrogens with zero attached hydrogens (tertiary/aromatic N) is 3. The number of carbonyl (C=O) groups excluding carboxylic acids is 1. The smallest absolute Gasteiger partial charge is 0.227 e. The zero-order chi connectivity index (χ0) is 14.7. The van der Waals surface area contributed by atoms with Gasteiger partial charge in [0.25, 0.3) is 0 Å². The molecule has 0 atom stereocenters. The summed E-state index contributed by atoms with van der Waals surface area (Å²) in [7, 11) is 0.